The third-order valence-electron chi connectivity index (χ3n) is 4.10. The Morgan fingerprint density at radius 3 is 2.68 bits per heavy atom. The average Bonchev–Trinajstić information content (AvgIpc) is 2.92. The number of rotatable bonds is 10. The molecule has 1 fully saturated rings. The minimum Gasteiger partial charge on any atom is -0.356 e. The van der Waals surface area contributed by atoms with Gasteiger partial charge in [-0.1, -0.05) is 13.3 Å². The van der Waals surface area contributed by atoms with Crippen LogP contribution in [0, 0.1) is 5.92 Å². The van der Waals surface area contributed by atoms with Crippen molar-refractivity contribution >= 4 is 5.91 Å². The Balaban J connectivity index is 1.97. The molecule has 0 spiro atoms. The first-order valence-corrected chi connectivity index (χ1v) is 7.95. The van der Waals surface area contributed by atoms with E-state index in [1.54, 1.807) is 0 Å². The zero-order valence-electron chi connectivity index (χ0n) is 12.5. The van der Waals surface area contributed by atoms with Crippen LogP contribution in [0.5, 0.6) is 0 Å². The number of nitrogens with zero attached hydrogens (tertiary/aromatic N) is 1. The fourth-order valence-electron chi connectivity index (χ4n) is 2.75. The normalized spacial score (nSPS) is 17.6. The van der Waals surface area contributed by atoms with Gasteiger partial charge in [0.1, 0.15) is 0 Å². The van der Waals surface area contributed by atoms with Crippen molar-refractivity contribution in [2.24, 2.45) is 11.7 Å². The molecule has 0 saturated carbocycles. The number of nitrogens with two attached hydrogens (primary N) is 1. The van der Waals surface area contributed by atoms with Crippen LogP contribution >= 0.6 is 0 Å². The predicted octanol–water partition coefficient (Wildman–Crippen LogP) is 1.74. The van der Waals surface area contributed by atoms with Crippen LogP contribution in [-0.2, 0) is 4.79 Å². The van der Waals surface area contributed by atoms with Crippen LogP contribution in [0.4, 0.5) is 0 Å². The highest BCUT2D eigenvalue weighted by Gasteiger charge is 2.11. The highest BCUT2D eigenvalue weighted by molar-refractivity contribution is 5.75. The number of carbonyl (C=O) groups excluding carboxylic acids is 1. The molecule has 0 aromatic carbocycles. The van der Waals surface area contributed by atoms with Crippen molar-refractivity contribution in [1.82, 2.24) is 10.2 Å². The Morgan fingerprint density at radius 2 is 2.05 bits per heavy atom. The Labute approximate surface area is 118 Å². The molecular formula is C15H31N3O. The maximum Gasteiger partial charge on any atom is 0.220 e. The minimum atomic E-state index is 0.205. The molecule has 1 amide bonds. The summed E-state index contributed by atoms with van der Waals surface area (Å²) in [5.74, 6) is 0.817. The first kappa shape index (κ1) is 16.4. The molecule has 112 valence electrons. The number of nitrogens with one attached hydrogen (secondary N) is 1. The summed E-state index contributed by atoms with van der Waals surface area (Å²) in [6, 6.07) is 0. The molecule has 3 N–H and O–H groups in total. The van der Waals surface area contributed by atoms with E-state index >= 15 is 0 Å². The molecule has 1 aliphatic rings. The topological polar surface area (TPSA) is 58.4 Å². The van der Waals surface area contributed by atoms with Gasteiger partial charge in [0.25, 0.3) is 0 Å². The van der Waals surface area contributed by atoms with E-state index < -0.39 is 0 Å². The molecule has 0 radical (unpaired) electrons. The molecule has 4 heteroatoms. The predicted molar refractivity (Wildman–Crippen MR) is 80.0 cm³/mol. The minimum absolute atomic E-state index is 0.205. The smallest absolute Gasteiger partial charge is 0.220 e. The van der Waals surface area contributed by atoms with Crippen molar-refractivity contribution in [3.8, 4) is 0 Å². The van der Waals surface area contributed by atoms with Crippen molar-refractivity contribution in [3.05, 3.63) is 0 Å². The van der Waals surface area contributed by atoms with Gasteiger partial charge in [0.2, 0.25) is 5.91 Å². The van der Waals surface area contributed by atoms with Gasteiger partial charge in [0.05, 0.1) is 0 Å². The SMILES string of the molecule is CCC(CCN)CCC(=O)NCCCN1CCCC1. The van der Waals surface area contributed by atoms with Gasteiger partial charge in [-0.3, -0.25) is 4.79 Å². The standard InChI is InChI=1S/C15H31N3O/c1-2-14(8-9-16)6-7-15(19)17-10-5-13-18-11-3-4-12-18/h14H,2-13,16H2,1H3,(H,17,19). The third kappa shape index (κ3) is 7.53. The Kier molecular flexibility index (Phi) is 8.84. The molecule has 1 unspecified atom stereocenters. The van der Waals surface area contributed by atoms with E-state index in [2.05, 4.69) is 17.1 Å². The van der Waals surface area contributed by atoms with E-state index in [0.29, 0.717) is 12.3 Å². The second kappa shape index (κ2) is 10.2. The zero-order chi connectivity index (χ0) is 13.9. The van der Waals surface area contributed by atoms with Crippen LogP contribution < -0.4 is 11.1 Å². The van der Waals surface area contributed by atoms with Gasteiger partial charge in [0.15, 0.2) is 0 Å². The fraction of sp³-hybridized carbons (Fsp3) is 0.933. The van der Waals surface area contributed by atoms with E-state index in [9.17, 15) is 4.79 Å². The lowest BCUT2D eigenvalue weighted by Crippen LogP contribution is -2.28. The highest BCUT2D eigenvalue weighted by Crippen LogP contribution is 2.14. The van der Waals surface area contributed by atoms with Crippen molar-refractivity contribution in [2.45, 2.75) is 51.9 Å². The van der Waals surface area contributed by atoms with Gasteiger partial charge in [0, 0.05) is 13.0 Å². The Hall–Kier alpha value is -0.610. The van der Waals surface area contributed by atoms with Crippen LogP contribution in [0.25, 0.3) is 0 Å². The second-order valence-corrected chi connectivity index (χ2v) is 5.64. The van der Waals surface area contributed by atoms with Gasteiger partial charge in [-0.15, -0.1) is 0 Å². The third-order valence-corrected chi connectivity index (χ3v) is 4.10. The first-order valence-electron chi connectivity index (χ1n) is 7.95. The van der Waals surface area contributed by atoms with Gasteiger partial charge in [-0.05, 0) is 64.2 Å². The van der Waals surface area contributed by atoms with E-state index in [1.807, 2.05) is 0 Å². The maximum absolute atomic E-state index is 11.7. The quantitative estimate of drug-likeness (QED) is 0.594. The fourth-order valence-corrected chi connectivity index (χ4v) is 2.75. The average molecular weight is 269 g/mol. The number of carbonyl (C=O) groups is 1. The Morgan fingerprint density at radius 1 is 1.32 bits per heavy atom. The molecule has 0 aromatic heterocycles. The zero-order valence-corrected chi connectivity index (χ0v) is 12.5. The summed E-state index contributed by atoms with van der Waals surface area (Å²) in [7, 11) is 0. The molecule has 1 saturated heterocycles. The van der Waals surface area contributed by atoms with Gasteiger partial charge in [-0.2, -0.15) is 0 Å². The lowest BCUT2D eigenvalue weighted by atomic mass is 9.96. The molecule has 4 nitrogen and oxygen atoms in total. The molecule has 0 bridgehead atoms. The van der Waals surface area contributed by atoms with Crippen LogP contribution in [0.3, 0.4) is 0 Å². The molecule has 1 rings (SSSR count). The highest BCUT2D eigenvalue weighted by atomic mass is 16.1. The summed E-state index contributed by atoms with van der Waals surface area (Å²) >= 11 is 0. The summed E-state index contributed by atoms with van der Waals surface area (Å²) in [6.45, 7) is 7.34. The molecule has 0 aliphatic carbocycles. The van der Waals surface area contributed by atoms with Crippen LogP contribution in [0.15, 0.2) is 0 Å². The van der Waals surface area contributed by atoms with Crippen molar-refractivity contribution in [1.29, 1.82) is 0 Å². The maximum atomic E-state index is 11.7. The van der Waals surface area contributed by atoms with Gasteiger partial charge in [-0.25, -0.2) is 0 Å². The van der Waals surface area contributed by atoms with Gasteiger partial charge >= 0.3 is 0 Å². The van der Waals surface area contributed by atoms with Crippen LogP contribution in [0.1, 0.15) is 51.9 Å². The Bertz CT molecular complexity index is 240. The van der Waals surface area contributed by atoms with Crippen LogP contribution in [0.2, 0.25) is 0 Å². The number of hydrogen-bond donors (Lipinski definition) is 2. The molecule has 1 atom stereocenters. The molecule has 19 heavy (non-hydrogen) atoms. The summed E-state index contributed by atoms with van der Waals surface area (Å²) in [6.07, 6.45) is 7.55. The van der Waals surface area contributed by atoms with Crippen molar-refractivity contribution in [2.75, 3.05) is 32.7 Å². The summed E-state index contributed by atoms with van der Waals surface area (Å²) < 4.78 is 0. The molecule has 1 heterocycles. The lowest BCUT2D eigenvalue weighted by molar-refractivity contribution is -0.121. The summed E-state index contributed by atoms with van der Waals surface area (Å²) in [5, 5.41) is 3.03. The van der Waals surface area contributed by atoms with E-state index in [-0.39, 0.29) is 5.91 Å². The monoisotopic (exact) mass is 269 g/mol. The lowest BCUT2D eigenvalue weighted by Gasteiger charge is -2.15. The summed E-state index contributed by atoms with van der Waals surface area (Å²) in [5.41, 5.74) is 5.56. The van der Waals surface area contributed by atoms with Crippen LogP contribution in [-0.4, -0.2) is 43.5 Å². The van der Waals surface area contributed by atoms with Crippen molar-refractivity contribution in [3.63, 3.8) is 0 Å². The largest absolute Gasteiger partial charge is 0.356 e. The number of hydrogen-bond acceptors (Lipinski definition) is 3. The molecule has 1 aliphatic heterocycles. The molecule has 0 aromatic rings. The number of likely N-dealkylation sites (tertiary alicyclic amines) is 1. The summed E-state index contributed by atoms with van der Waals surface area (Å²) in [4.78, 5) is 14.2. The van der Waals surface area contributed by atoms with E-state index in [4.69, 9.17) is 5.73 Å². The van der Waals surface area contributed by atoms with E-state index in [0.717, 1.165) is 45.3 Å². The van der Waals surface area contributed by atoms with Crippen molar-refractivity contribution < 1.29 is 4.79 Å². The second-order valence-electron chi connectivity index (χ2n) is 5.64. The van der Waals surface area contributed by atoms with Gasteiger partial charge < -0.3 is 16.0 Å². The number of amides is 1. The van der Waals surface area contributed by atoms with E-state index in [1.165, 1.54) is 25.9 Å². The molecular weight excluding hydrogens is 238 g/mol. The first-order chi connectivity index (χ1) is 9.26.